The highest BCUT2D eigenvalue weighted by molar-refractivity contribution is 5.73. The Balaban J connectivity index is 0.000000199. The number of aromatic hydroxyl groups is 2. The molecule has 0 aliphatic heterocycles. The van der Waals surface area contributed by atoms with Crippen molar-refractivity contribution in [2.24, 2.45) is 0 Å². The molecule has 4 aromatic carbocycles. The van der Waals surface area contributed by atoms with Crippen LogP contribution in [0.15, 0.2) is 97.1 Å². The van der Waals surface area contributed by atoms with E-state index in [-0.39, 0.29) is 30.2 Å². The highest BCUT2D eigenvalue weighted by atomic mass is 16.5. The number of carbonyl (C=O) groups excluding carboxylic acids is 2. The van der Waals surface area contributed by atoms with Gasteiger partial charge in [0.1, 0.15) is 23.0 Å². The molecule has 3 fully saturated rings. The predicted octanol–water partition coefficient (Wildman–Crippen LogP) is 12.2. The summed E-state index contributed by atoms with van der Waals surface area (Å²) < 4.78 is 10.3. The van der Waals surface area contributed by atoms with E-state index in [2.05, 4.69) is 24.3 Å². The average Bonchev–Trinajstić information content (AvgIpc) is 3.22. The third kappa shape index (κ3) is 10.5. The Morgan fingerprint density at radius 1 is 0.519 bits per heavy atom. The van der Waals surface area contributed by atoms with Gasteiger partial charge in [-0.2, -0.15) is 0 Å². The molecule has 2 N–H and O–H groups in total. The summed E-state index contributed by atoms with van der Waals surface area (Å²) in [6.07, 6.45) is 20.5. The summed E-state index contributed by atoms with van der Waals surface area (Å²) in [7, 11) is 0. The van der Waals surface area contributed by atoms with E-state index in [0.717, 1.165) is 12.8 Å². The van der Waals surface area contributed by atoms with E-state index in [4.69, 9.17) is 9.47 Å². The van der Waals surface area contributed by atoms with Gasteiger partial charge in [0.25, 0.3) is 0 Å². The van der Waals surface area contributed by atoms with Gasteiger partial charge in [-0.05, 0) is 122 Å². The van der Waals surface area contributed by atoms with Gasteiger partial charge in [-0.15, -0.1) is 0 Å². The number of esters is 2. The first-order valence-corrected chi connectivity index (χ1v) is 20.6. The zero-order valence-corrected chi connectivity index (χ0v) is 31.9. The van der Waals surface area contributed by atoms with Crippen molar-refractivity contribution in [1.29, 1.82) is 0 Å². The van der Waals surface area contributed by atoms with Crippen LogP contribution in [0.4, 0.5) is 0 Å². The second-order valence-corrected chi connectivity index (χ2v) is 15.6. The number of ether oxygens (including phenoxy) is 2. The molecule has 6 nitrogen and oxygen atoms in total. The number of hydrogen-bond acceptors (Lipinski definition) is 6. The fraction of sp³-hybridized carbons (Fsp3) is 0.458. The van der Waals surface area contributed by atoms with Gasteiger partial charge in [-0.1, -0.05) is 118 Å². The molecule has 0 saturated heterocycles. The second kappa shape index (κ2) is 19.7. The van der Waals surface area contributed by atoms with Gasteiger partial charge < -0.3 is 19.7 Å². The molecule has 4 aromatic rings. The molecule has 0 amide bonds. The number of hydrogen-bond donors (Lipinski definition) is 2. The van der Waals surface area contributed by atoms with Crippen LogP contribution in [0.2, 0.25) is 0 Å². The molecule has 0 heterocycles. The van der Waals surface area contributed by atoms with E-state index >= 15 is 0 Å². The first-order chi connectivity index (χ1) is 26.4. The molecule has 3 aliphatic rings. The van der Waals surface area contributed by atoms with Crippen molar-refractivity contribution in [3.8, 4) is 23.0 Å². The van der Waals surface area contributed by atoms with Crippen LogP contribution < -0.4 is 9.47 Å². The normalized spacial score (nSPS) is 17.5. The fourth-order valence-electron chi connectivity index (χ4n) is 8.97. The maximum Gasteiger partial charge on any atom is 0.311 e. The SMILES string of the molecule is O=C(CCCCC(=O)Oc1ccccc1)Oc1ccccc1.Oc1ccc(C2(c3ccc(O)c(C4CCCCC4)c3)CCCCC2)cc1C1CCCCC1. The lowest BCUT2D eigenvalue weighted by Crippen LogP contribution is -2.31. The van der Waals surface area contributed by atoms with E-state index in [1.165, 1.54) is 106 Å². The minimum absolute atomic E-state index is 0.00643. The molecule has 0 aromatic heterocycles. The number of phenolic OH excluding ortho intramolecular Hbond substituents is 2. The Kier molecular flexibility index (Phi) is 14.2. The van der Waals surface area contributed by atoms with E-state index in [9.17, 15) is 19.8 Å². The van der Waals surface area contributed by atoms with Crippen molar-refractivity contribution in [3.05, 3.63) is 119 Å². The third-order valence-electron chi connectivity index (χ3n) is 11.9. The molecular weight excluding hydrogens is 673 g/mol. The van der Waals surface area contributed by atoms with Crippen molar-refractivity contribution in [3.63, 3.8) is 0 Å². The Labute approximate surface area is 321 Å². The smallest absolute Gasteiger partial charge is 0.311 e. The summed E-state index contributed by atoms with van der Waals surface area (Å²) in [6, 6.07) is 30.9. The maximum absolute atomic E-state index is 11.6. The lowest BCUT2D eigenvalue weighted by atomic mass is 9.64. The number of carbonyl (C=O) groups is 2. The van der Waals surface area contributed by atoms with Gasteiger partial charge in [0.15, 0.2) is 0 Å². The van der Waals surface area contributed by atoms with E-state index in [1.807, 2.05) is 48.5 Å². The number of unbranched alkanes of at least 4 members (excludes halogenated alkanes) is 1. The molecule has 0 radical (unpaired) electrons. The Hall–Kier alpha value is -4.58. The average molecular weight is 731 g/mol. The van der Waals surface area contributed by atoms with Crippen LogP contribution >= 0.6 is 0 Å². The summed E-state index contributed by atoms with van der Waals surface area (Å²) in [5.74, 6) is 2.47. The molecule has 54 heavy (non-hydrogen) atoms. The molecule has 0 spiro atoms. The lowest BCUT2D eigenvalue weighted by Gasteiger charge is -2.40. The molecule has 0 bridgehead atoms. The van der Waals surface area contributed by atoms with Crippen LogP contribution in [0.5, 0.6) is 23.0 Å². The number of phenols is 2. The van der Waals surface area contributed by atoms with Crippen LogP contribution in [0, 0.1) is 0 Å². The molecule has 3 aliphatic carbocycles. The van der Waals surface area contributed by atoms with E-state index in [1.54, 1.807) is 24.3 Å². The molecule has 0 atom stereocenters. The minimum atomic E-state index is -0.289. The molecule has 3 saturated carbocycles. The summed E-state index contributed by atoms with van der Waals surface area (Å²) in [4.78, 5) is 23.2. The van der Waals surface area contributed by atoms with Gasteiger partial charge in [0.2, 0.25) is 0 Å². The monoisotopic (exact) mass is 730 g/mol. The lowest BCUT2D eigenvalue weighted by molar-refractivity contribution is -0.136. The second-order valence-electron chi connectivity index (χ2n) is 15.6. The van der Waals surface area contributed by atoms with E-state index < -0.39 is 0 Å². The third-order valence-corrected chi connectivity index (χ3v) is 11.9. The van der Waals surface area contributed by atoms with Crippen molar-refractivity contribution < 1.29 is 29.3 Å². The van der Waals surface area contributed by atoms with Crippen molar-refractivity contribution >= 4 is 11.9 Å². The topological polar surface area (TPSA) is 93.1 Å². The summed E-state index contributed by atoms with van der Waals surface area (Å²) >= 11 is 0. The summed E-state index contributed by atoms with van der Waals surface area (Å²) in [5.41, 5.74) is 5.13. The number of rotatable bonds is 11. The Morgan fingerprint density at radius 2 is 0.907 bits per heavy atom. The zero-order valence-electron chi connectivity index (χ0n) is 31.9. The molecule has 0 unspecified atom stereocenters. The standard InChI is InChI=1S/C30H40O2.C18H18O4/c31-28-16-14-24(20-26(28)22-10-4-1-5-11-22)30(18-8-3-9-19-30)25-15-17-29(32)27(21-25)23-12-6-2-7-13-23;19-17(21-15-9-3-1-4-10-15)13-7-8-14-18(20)22-16-11-5-2-6-12-16/h14-17,20-23,31-32H,1-13,18-19H2;1-6,9-12H,7-8,13-14H2. The summed E-state index contributed by atoms with van der Waals surface area (Å²) in [5, 5.41) is 21.5. The summed E-state index contributed by atoms with van der Waals surface area (Å²) in [6.45, 7) is 0. The van der Waals surface area contributed by atoms with Gasteiger partial charge >= 0.3 is 11.9 Å². The van der Waals surface area contributed by atoms with Crippen molar-refractivity contribution in [2.45, 2.75) is 139 Å². The number of benzene rings is 4. The molecule has 286 valence electrons. The van der Waals surface area contributed by atoms with Crippen LogP contribution in [-0.2, 0) is 15.0 Å². The number of para-hydroxylation sites is 2. The van der Waals surface area contributed by atoms with Crippen LogP contribution in [-0.4, -0.2) is 22.2 Å². The highest BCUT2D eigenvalue weighted by Gasteiger charge is 2.37. The quantitative estimate of drug-likeness (QED) is 0.0906. The minimum Gasteiger partial charge on any atom is -0.508 e. The highest BCUT2D eigenvalue weighted by Crippen LogP contribution is 2.49. The van der Waals surface area contributed by atoms with E-state index in [0.29, 0.717) is 47.7 Å². The van der Waals surface area contributed by atoms with Gasteiger partial charge in [-0.25, -0.2) is 0 Å². The zero-order chi connectivity index (χ0) is 37.6. The van der Waals surface area contributed by atoms with Gasteiger partial charge in [0.05, 0.1) is 0 Å². The van der Waals surface area contributed by atoms with Crippen LogP contribution in [0.1, 0.15) is 156 Å². The fourth-order valence-corrected chi connectivity index (χ4v) is 8.97. The Morgan fingerprint density at radius 3 is 1.31 bits per heavy atom. The van der Waals surface area contributed by atoms with Crippen molar-refractivity contribution in [2.75, 3.05) is 0 Å². The first-order valence-electron chi connectivity index (χ1n) is 20.6. The van der Waals surface area contributed by atoms with Gasteiger partial charge in [-0.3, -0.25) is 9.59 Å². The molecular formula is C48H58O6. The van der Waals surface area contributed by atoms with Crippen LogP contribution in [0.25, 0.3) is 0 Å². The molecule has 6 heteroatoms. The van der Waals surface area contributed by atoms with Gasteiger partial charge in [0, 0.05) is 18.3 Å². The van der Waals surface area contributed by atoms with Crippen molar-refractivity contribution in [1.82, 2.24) is 0 Å². The first kappa shape index (κ1) is 39.1. The largest absolute Gasteiger partial charge is 0.508 e. The van der Waals surface area contributed by atoms with Crippen LogP contribution in [0.3, 0.4) is 0 Å². The maximum atomic E-state index is 11.6. The molecule has 7 rings (SSSR count). The Bertz CT molecular complexity index is 1640. The predicted molar refractivity (Wildman–Crippen MR) is 214 cm³/mol.